The first kappa shape index (κ1) is 18.8. The minimum absolute atomic E-state index is 0. The molecule has 0 aliphatic carbocycles. The molecule has 8 heteroatoms. The van der Waals surface area contributed by atoms with Gasteiger partial charge < -0.3 is 27.8 Å². The molecule has 0 amide bonds. The number of carbonyl (C=O) groups is 1. The number of carboxylic acid groups (broad SMARTS) is 1. The van der Waals surface area contributed by atoms with E-state index in [0.717, 1.165) is 0 Å². The quantitative estimate of drug-likeness (QED) is 0.264. The molecular formula is C6H17BrN4O3. The van der Waals surface area contributed by atoms with Gasteiger partial charge in [-0.1, -0.05) is 0 Å². The van der Waals surface area contributed by atoms with Gasteiger partial charge in [0, 0.05) is 6.54 Å². The van der Waals surface area contributed by atoms with Crippen LogP contribution in [0.25, 0.3) is 0 Å². The molecule has 0 aromatic carbocycles. The molecule has 0 radical (unpaired) electrons. The number of carboxylic acids is 1. The van der Waals surface area contributed by atoms with Gasteiger partial charge in [0.15, 0.2) is 5.96 Å². The normalized spacial score (nSPS) is 10.4. The van der Waals surface area contributed by atoms with Gasteiger partial charge in [-0.3, -0.25) is 9.79 Å². The van der Waals surface area contributed by atoms with Gasteiger partial charge in [-0.15, -0.1) is 17.0 Å². The fourth-order valence-electron chi connectivity index (χ4n) is 0.643. The zero-order valence-corrected chi connectivity index (χ0v) is 9.35. The zero-order valence-electron chi connectivity index (χ0n) is 7.64. The molecule has 7 nitrogen and oxygen atoms in total. The minimum atomic E-state index is -1.00. The molecule has 0 heterocycles. The zero-order chi connectivity index (χ0) is 9.56. The summed E-state index contributed by atoms with van der Waals surface area (Å²) in [5, 5.41) is 8.38. The lowest BCUT2D eigenvalue weighted by atomic mass is 10.2. The molecule has 0 aliphatic rings. The lowest BCUT2D eigenvalue weighted by Crippen LogP contribution is -2.30. The molecule has 14 heavy (non-hydrogen) atoms. The first-order chi connectivity index (χ1) is 5.54. The summed E-state index contributed by atoms with van der Waals surface area (Å²) in [5.74, 6) is -0.987. The average molecular weight is 273 g/mol. The van der Waals surface area contributed by atoms with Crippen LogP contribution in [0.5, 0.6) is 0 Å². The fourth-order valence-corrected chi connectivity index (χ4v) is 0.643. The van der Waals surface area contributed by atoms with Gasteiger partial charge >= 0.3 is 5.97 Å². The Labute approximate surface area is 92.4 Å². The highest BCUT2D eigenvalue weighted by Crippen LogP contribution is 1.94. The lowest BCUT2D eigenvalue weighted by Gasteiger charge is -2.03. The minimum Gasteiger partial charge on any atom is -0.480 e. The van der Waals surface area contributed by atoms with Gasteiger partial charge in [-0.25, -0.2) is 0 Å². The van der Waals surface area contributed by atoms with Gasteiger partial charge in [-0.2, -0.15) is 0 Å². The van der Waals surface area contributed by atoms with E-state index in [2.05, 4.69) is 4.99 Å². The Hall–Kier alpha value is -0.860. The summed E-state index contributed by atoms with van der Waals surface area (Å²) < 4.78 is 0. The maximum atomic E-state index is 10.2. The molecule has 86 valence electrons. The average Bonchev–Trinajstić information content (AvgIpc) is 1.97. The van der Waals surface area contributed by atoms with Crippen LogP contribution >= 0.6 is 17.0 Å². The third-order valence-corrected chi connectivity index (χ3v) is 1.28. The Morgan fingerprint density at radius 2 is 1.93 bits per heavy atom. The first-order valence-corrected chi connectivity index (χ1v) is 3.58. The van der Waals surface area contributed by atoms with Crippen molar-refractivity contribution in [2.24, 2.45) is 22.2 Å². The maximum absolute atomic E-state index is 10.2. The van der Waals surface area contributed by atoms with Gasteiger partial charge in [-0.05, 0) is 12.8 Å². The van der Waals surface area contributed by atoms with E-state index in [1.54, 1.807) is 0 Å². The third kappa shape index (κ3) is 11.1. The van der Waals surface area contributed by atoms with E-state index in [-0.39, 0.29) is 28.4 Å². The second-order valence-electron chi connectivity index (χ2n) is 2.39. The van der Waals surface area contributed by atoms with Crippen molar-refractivity contribution in [1.82, 2.24) is 0 Å². The van der Waals surface area contributed by atoms with Crippen LogP contribution in [-0.4, -0.2) is 35.1 Å². The highest BCUT2D eigenvalue weighted by molar-refractivity contribution is 8.93. The Morgan fingerprint density at radius 1 is 1.43 bits per heavy atom. The summed E-state index contributed by atoms with van der Waals surface area (Å²) in [6.45, 7) is 0.420. The van der Waals surface area contributed by atoms with Gasteiger partial charge in [0.2, 0.25) is 0 Å². The number of nitrogens with zero attached hydrogens (tertiary/aromatic N) is 1. The van der Waals surface area contributed by atoms with Crippen molar-refractivity contribution < 1.29 is 15.4 Å². The van der Waals surface area contributed by atoms with Crippen LogP contribution in [-0.2, 0) is 4.79 Å². The molecule has 0 aromatic heterocycles. The van der Waals surface area contributed by atoms with Crippen LogP contribution in [0.15, 0.2) is 4.99 Å². The highest BCUT2D eigenvalue weighted by Gasteiger charge is 2.09. The van der Waals surface area contributed by atoms with Crippen LogP contribution in [0.1, 0.15) is 12.8 Å². The predicted molar refractivity (Wildman–Crippen MR) is 59.5 cm³/mol. The molecular weight excluding hydrogens is 256 g/mol. The van der Waals surface area contributed by atoms with Crippen molar-refractivity contribution >= 4 is 28.9 Å². The number of guanidine groups is 1. The first-order valence-electron chi connectivity index (χ1n) is 3.58. The molecule has 9 N–H and O–H groups in total. The maximum Gasteiger partial charge on any atom is 0.320 e. The highest BCUT2D eigenvalue weighted by atomic mass is 79.9. The Kier molecular flexibility index (Phi) is 13.8. The van der Waals surface area contributed by atoms with Crippen molar-refractivity contribution in [3.63, 3.8) is 0 Å². The number of hydrogen-bond donors (Lipinski definition) is 4. The van der Waals surface area contributed by atoms with Crippen LogP contribution in [0.3, 0.4) is 0 Å². The Balaban J connectivity index is -0.000000605. The lowest BCUT2D eigenvalue weighted by molar-refractivity contribution is -0.138. The smallest absolute Gasteiger partial charge is 0.320 e. The number of halogens is 1. The number of aliphatic imine (C=N–C) groups is 1. The molecule has 0 aliphatic heterocycles. The molecule has 0 spiro atoms. The second-order valence-corrected chi connectivity index (χ2v) is 2.39. The van der Waals surface area contributed by atoms with Crippen molar-refractivity contribution in [3.05, 3.63) is 0 Å². The molecule has 0 aromatic rings. The van der Waals surface area contributed by atoms with Crippen LogP contribution in [0.2, 0.25) is 0 Å². The number of nitrogens with two attached hydrogens (primary N) is 3. The van der Waals surface area contributed by atoms with Crippen molar-refractivity contribution in [2.45, 2.75) is 18.9 Å². The summed E-state index contributed by atoms with van der Waals surface area (Å²) in [6.07, 6.45) is 0.956. The van der Waals surface area contributed by atoms with E-state index in [0.29, 0.717) is 19.4 Å². The summed E-state index contributed by atoms with van der Waals surface area (Å²) in [5.41, 5.74) is 15.3. The monoisotopic (exact) mass is 272 g/mol. The summed E-state index contributed by atoms with van der Waals surface area (Å²) in [7, 11) is 0. The predicted octanol–water partition coefficient (Wildman–Crippen LogP) is -1.79. The van der Waals surface area contributed by atoms with Gasteiger partial charge in [0.05, 0.1) is 0 Å². The largest absolute Gasteiger partial charge is 0.480 e. The van der Waals surface area contributed by atoms with Crippen molar-refractivity contribution in [3.8, 4) is 0 Å². The molecule has 0 fully saturated rings. The summed E-state index contributed by atoms with van der Waals surface area (Å²) in [4.78, 5) is 13.9. The molecule has 0 unspecified atom stereocenters. The SMILES string of the molecule is Br.NC(N)=NCCC[C@H](N)C(=O)O.O. The number of rotatable bonds is 5. The second kappa shape index (κ2) is 10.2. The molecule has 0 saturated heterocycles. The third-order valence-electron chi connectivity index (χ3n) is 1.28. The van der Waals surface area contributed by atoms with E-state index in [1.807, 2.05) is 0 Å². The van der Waals surface area contributed by atoms with Crippen LogP contribution < -0.4 is 17.2 Å². The van der Waals surface area contributed by atoms with Crippen molar-refractivity contribution in [1.29, 1.82) is 0 Å². The van der Waals surface area contributed by atoms with E-state index < -0.39 is 12.0 Å². The molecule has 0 saturated carbocycles. The van der Waals surface area contributed by atoms with Crippen LogP contribution in [0.4, 0.5) is 0 Å². The Bertz CT molecular complexity index is 184. The standard InChI is InChI=1S/C6H14N4O2.BrH.H2O/c7-4(5(11)12)2-1-3-10-6(8)9;;/h4H,1-3,7H2,(H,11,12)(H4,8,9,10);1H;1H2/t4-;;/m0../s1. The van der Waals surface area contributed by atoms with E-state index in [1.165, 1.54) is 0 Å². The number of aliphatic carboxylic acids is 1. The van der Waals surface area contributed by atoms with Gasteiger partial charge in [0.25, 0.3) is 0 Å². The summed E-state index contributed by atoms with van der Waals surface area (Å²) in [6, 6.07) is -0.820. The Morgan fingerprint density at radius 3 is 2.29 bits per heavy atom. The van der Waals surface area contributed by atoms with Crippen molar-refractivity contribution in [2.75, 3.05) is 6.54 Å². The topological polar surface area (TPSA) is 159 Å². The van der Waals surface area contributed by atoms with E-state index in [9.17, 15) is 4.79 Å². The van der Waals surface area contributed by atoms with E-state index >= 15 is 0 Å². The van der Waals surface area contributed by atoms with Gasteiger partial charge in [0.1, 0.15) is 6.04 Å². The summed E-state index contributed by atoms with van der Waals surface area (Å²) >= 11 is 0. The molecule has 0 rings (SSSR count). The van der Waals surface area contributed by atoms with Crippen LogP contribution in [0, 0.1) is 0 Å². The molecule has 1 atom stereocenters. The van der Waals surface area contributed by atoms with E-state index in [4.69, 9.17) is 22.3 Å². The number of hydrogen-bond acceptors (Lipinski definition) is 3. The molecule has 0 bridgehead atoms. The fraction of sp³-hybridized carbons (Fsp3) is 0.667.